The van der Waals surface area contributed by atoms with Crippen molar-refractivity contribution in [2.45, 2.75) is 32.2 Å². The molecule has 6 nitrogen and oxygen atoms in total. The van der Waals surface area contributed by atoms with Gasteiger partial charge in [0.2, 0.25) is 11.7 Å². The monoisotopic (exact) mass is 233 g/mol. The second-order valence-corrected chi connectivity index (χ2v) is 4.19. The molecule has 1 unspecified atom stereocenters. The molecule has 6 heteroatoms. The lowest BCUT2D eigenvalue weighted by Gasteiger charge is -2.18. The Morgan fingerprint density at radius 3 is 2.94 bits per heavy atom. The van der Waals surface area contributed by atoms with E-state index in [-0.39, 0.29) is 0 Å². The maximum Gasteiger partial charge on any atom is 0.246 e. The van der Waals surface area contributed by atoms with E-state index in [1.54, 1.807) is 12.3 Å². The molecule has 2 rings (SSSR count). The third kappa shape index (κ3) is 2.47. The van der Waals surface area contributed by atoms with Crippen LogP contribution in [0.2, 0.25) is 0 Å². The highest BCUT2D eigenvalue weighted by Gasteiger charge is 2.27. The van der Waals surface area contributed by atoms with E-state index < -0.39 is 5.54 Å². The van der Waals surface area contributed by atoms with E-state index in [0.717, 1.165) is 12.8 Å². The van der Waals surface area contributed by atoms with E-state index in [0.29, 0.717) is 17.4 Å². The zero-order valence-electron chi connectivity index (χ0n) is 9.92. The van der Waals surface area contributed by atoms with Crippen LogP contribution in [0.5, 0.6) is 0 Å². The minimum absolute atomic E-state index is 0.438. The van der Waals surface area contributed by atoms with E-state index in [9.17, 15) is 0 Å². The number of nitrogens with zero attached hydrogens (tertiary/aromatic N) is 4. The second-order valence-electron chi connectivity index (χ2n) is 4.19. The minimum atomic E-state index is -0.590. The molecular weight excluding hydrogens is 218 g/mol. The molecule has 2 aromatic rings. The van der Waals surface area contributed by atoms with Crippen molar-refractivity contribution in [2.75, 3.05) is 0 Å². The smallest absolute Gasteiger partial charge is 0.246 e. The topological polar surface area (TPSA) is 90.7 Å². The summed E-state index contributed by atoms with van der Waals surface area (Å²) < 4.78 is 5.19. The highest BCUT2D eigenvalue weighted by Crippen LogP contribution is 2.23. The Kier molecular flexibility index (Phi) is 3.14. The lowest BCUT2D eigenvalue weighted by atomic mass is 9.98. The van der Waals surface area contributed by atoms with Crippen LogP contribution in [-0.4, -0.2) is 20.1 Å². The van der Waals surface area contributed by atoms with E-state index in [1.807, 2.05) is 6.92 Å². The van der Waals surface area contributed by atoms with Gasteiger partial charge in [0.25, 0.3) is 0 Å². The summed E-state index contributed by atoms with van der Waals surface area (Å²) in [5.41, 5.74) is 6.15. The van der Waals surface area contributed by atoms with E-state index in [2.05, 4.69) is 27.0 Å². The van der Waals surface area contributed by atoms with Crippen molar-refractivity contribution in [3.8, 4) is 11.5 Å². The molecule has 0 aliphatic heterocycles. The first kappa shape index (κ1) is 11.7. The number of hydrogen-bond donors (Lipinski definition) is 1. The predicted molar refractivity (Wildman–Crippen MR) is 61.8 cm³/mol. The zero-order valence-corrected chi connectivity index (χ0v) is 9.92. The number of aromatic nitrogens is 4. The summed E-state index contributed by atoms with van der Waals surface area (Å²) in [4.78, 5) is 12.2. The van der Waals surface area contributed by atoms with Crippen LogP contribution in [0.4, 0.5) is 0 Å². The van der Waals surface area contributed by atoms with Crippen LogP contribution in [0.3, 0.4) is 0 Å². The fraction of sp³-hybridized carbons (Fsp3) is 0.455. The fourth-order valence-corrected chi connectivity index (χ4v) is 1.61. The van der Waals surface area contributed by atoms with Gasteiger partial charge in [-0.2, -0.15) is 4.98 Å². The van der Waals surface area contributed by atoms with Crippen molar-refractivity contribution in [3.05, 3.63) is 24.5 Å². The highest BCUT2D eigenvalue weighted by atomic mass is 16.5. The minimum Gasteiger partial charge on any atom is -0.337 e. The number of nitrogens with two attached hydrogens (primary N) is 1. The van der Waals surface area contributed by atoms with Crippen molar-refractivity contribution in [2.24, 2.45) is 5.73 Å². The first-order valence-electron chi connectivity index (χ1n) is 5.53. The van der Waals surface area contributed by atoms with Crippen molar-refractivity contribution in [1.82, 2.24) is 20.1 Å². The van der Waals surface area contributed by atoms with Crippen LogP contribution < -0.4 is 5.73 Å². The Bertz CT molecular complexity index is 480. The molecule has 0 bridgehead atoms. The molecule has 0 aliphatic rings. The van der Waals surface area contributed by atoms with Gasteiger partial charge in [-0.15, -0.1) is 0 Å². The molecule has 17 heavy (non-hydrogen) atoms. The molecule has 0 aromatic carbocycles. The Balaban J connectivity index is 2.28. The Hall–Kier alpha value is -1.82. The van der Waals surface area contributed by atoms with Crippen LogP contribution in [0.15, 0.2) is 23.1 Å². The average molecular weight is 233 g/mol. The van der Waals surface area contributed by atoms with Crippen molar-refractivity contribution in [3.63, 3.8) is 0 Å². The average Bonchev–Trinajstić information content (AvgIpc) is 2.80. The van der Waals surface area contributed by atoms with E-state index in [1.165, 1.54) is 6.33 Å². The van der Waals surface area contributed by atoms with Crippen molar-refractivity contribution >= 4 is 0 Å². The summed E-state index contributed by atoms with van der Waals surface area (Å²) in [6.07, 6.45) is 4.82. The van der Waals surface area contributed by atoms with Gasteiger partial charge >= 0.3 is 0 Å². The molecule has 0 spiro atoms. The molecule has 0 radical (unpaired) electrons. The maximum absolute atomic E-state index is 6.11. The number of hydrogen-bond acceptors (Lipinski definition) is 6. The SMILES string of the molecule is CCCC(C)(N)c1nc(-c2ccncn2)no1. The molecule has 2 N–H and O–H groups in total. The van der Waals surface area contributed by atoms with Crippen LogP contribution >= 0.6 is 0 Å². The number of rotatable bonds is 4. The molecule has 0 amide bonds. The summed E-state index contributed by atoms with van der Waals surface area (Å²) in [5.74, 6) is 0.878. The van der Waals surface area contributed by atoms with Gasteiger partial charge in [-0.3, -0.25) is 0 Å². The lowest BCUT2D eigenvalue weighted by Crippen LogP contribution is -2.33. The molecule has 2 aromatic heterocycles. The maximum atomic E-state index is 6.11. The summed E-state index contributed by atoms with van der Waals surface area (Å²) in [5, 5.41) is 3.88. The molecule has 2 heterocycles. The predicted octanol–water partition coefficient (Wildman–Crippen LogP) is 1.50. The molecule has 0 saturated carbocycles. The third-order valence-electron chi connectivity index (χ3n) is 2.49. The Labute approximate surface area is 99.3 Å². The van der Waals surface area contributed by atoms with Gasteiger partial charge in [0.05, 0.1) is 5.54 Å². The normalized spacial score (nSPS) is 14.5. The van der Waals surface area contributed by atoms with Gasteiger partial charge in [0.15, 0.2) is 0 Å². The van der Waals surface area contributed by atoms with Gasteiger partial charge in [0, 0.05) is 6.20 Å². The highest BCUT2D eigenvalue weighted by molar-refractivity contribution is 5.46. The largest absolute Gasteiger partial charge is 0.337 e. The molecule has 0 aliphatic carbocycles. The molecule has 0 saturated heterocycles. The first-order chi connectivity index (χ1) is 8.13. The summed E-state index contributed by atoms with van der Waals surface area (Å²) >= 11 is 0. The van der Waals surface area contributed by atoms with Gasteiger partial charge in [0.1, 0.15) is 12.0 Å². The second kappa shape index (κ2) is 4.58. The summed E-state index contributed by atoms with van der Waals surface area (Å²) in [6, 6.07) is 1.72. The van der Waals surface area contributed by atoms with Gasteiger partial charge in [-0.1, -0.05) is 18.5 Å². The van der Waals surface area contributed by atoms with Gasteiger partial charge < -0.3 is 10.3 Å². The van der Waals surface area contributed by atoms with Crippen LogP contribution in [0, 0.1) is 0 Å². The third-order valence-corrected chi connectivity index (χ3v) is 2.49. The van der Waals surface area contributed by atoms with Gasteiger partial charge in [-0.05, 0) is 19.4 Å². The van der Waals surface area contributed by atoms with Crippen LogP contribution in [0.25, 0.3) is 11.5 Å². The summed E-state index contributed by atoms with van der Waals surface area (Å²) in [6.45, 7) is 3.95. The van der Waals surface area contributed by atoms with Crippen molar-refractivity contribution in [1.29, 1.82) is 0 Å². The van der Waals surface area contributed by atoms with Crippen LogP contribution in [-0.2, 0) is 5.54 Å². The molecule has 0 fully saturated rings. The molecular formula is C11H15N5O. The van der Waals surface area contributed by atoms with Gasteiger partial charge in [-0.25, -0.2) is 9.97 Å². The molecule has 1 atom stereocenters. The van der Waals surface area contributed by atoms with E-state index >= 15 is 0 Å². The Morgan fingerprint density at radius 2 is 2.29 bits per heavy atom. The standard InChI is InChI=1S/C11H15N5O/c1-3-5-11(2,12)10-15-9(16-17-10)8-4-6-13-7-14-8/h4,6-7H,3,5,12H2,1-2H3. The summed E-state index contributed by atoms with van der Waals surface area (Å²) in [7, 11) is 0. The van der Waals surface area contributed by atoms with Crippen molar-refractivity contribution < 1.29 is 4.52 Å². The zero-order chi connectivity index (χ0) is 12.3. The first-order valence-corrected chi connectivity index (χ1v) is 5.53. The Morgan fingerprint density at radius 1 is 1.47 bits per heavy atom. The lowest BCUT2D eigenvalue weighted by molar-refractivity contribution is 0.284. The van der Waals surface area contributed by atoms with Crippen LogP contribution in [0.1, 0.15) is 32.6 Å². The molecule has 90 valence electrons. The fourth-order valence-electron chi connectivity index (χ4n) is 1.61. The van der Waals surface area contributed by atoms with E-state index in [4.69, 9.17) is 10.3 Å². The quantitative estimate of drug-likeness (QED) is 0.860.